The van der Waals surface area contributed by atoms with Gasteiger partial charge >= 0.3 is 0 Å². The number of nitrogens with two attached hydrogens (primary N) is 1. The number of oxime groups is 1. The Hall–Kier alpha value is -2.37. The molecule has 1 fully saturated rings. The number of hydrogen-bond acceptors (Lipinski definition) is 4. The summed E-state index contributed by atoms with van der Waals surface area (Å²) in [6.45, 7) is 0.289. The predicted octanol–water partition coefficient (Wildman–Crippen LogP) is 0.465. The van der Waals surface area contributed by atoms with Crippen LogP contribution in [0.4, 0.5) is 0 Å². The summed E-state index contributed by atoms with van der Waals surface area (Å²) in [4.78, 5) is 28.3. The van der Waals surface area contributed by atoms with Gasteiger partial charge in [-0.2, -0.15) is 0 Å². The van der Waals surface area contributed by atoms with E-state index >= 15 is 0 Å². The maximum atomic E-state index is 12.4. The zero-order valence-electron chi connectivity index (χ0n) is 11.5. The van der Waals surface area contributed by atoms with Crippen molar-refractivity contribution in [3.8, 4) is 0 Å². The van der Waals surface area contributed by atoms with Crippen molar-refractivity contribution in [3.63, 3.8) is 0 Å². The maximum absolute atomic E-state index is 12.4. The van der Waals surface area contributed by atoms with Crippen molar-refractivity contribution in [2.45, 2.75) is 30.8 Å². The average Bonchev–Trinajstić information content (AvgIpc) is 3.17. The molecule has 1 atom stereocenters. The van der Waals surface area contributed by atoms with E-state index in [1.165, 1.54) is 0 Å². The van der Waals surface area contributed by atoms with Gasteiger partial charge in [0, 0.05) is 6.42 Å². The van der Waals surface area contributed by atoms with Crippen molar-refractivity contribution in [2.75, 3.05) is 6.54 Å². The van der Waals surface area contributed by atoms with E-state index in [0.29, 0.717) is 12.1 Å². The molecule has 21 heavy (non-hydrogen) atoms. The van der Waals surface area contributed by atoms with Crippen LogP contribution in [0.25, 0.3) is 0 Å². The summed E-state index contributed by atoms with van der Waals surface area (Å²) in [5, 5.41) is 6.67. The Morgan fingerprint density at radius 1 is 1.33 bits per heavy atom. The minimum absolute atomic E-state index is 0.000995. The highest BCUT2D eigenvalue weighted by Gasteiger charge is 2.51. The molecule has 0 radical (unpaired) electrons. The Morgan fingerprint density at radius 2 is 2.05 bits per heavy atom. The van der Waals surface area contributed by atoms with Gasteiger partial charge in [0.25, 0.3) is 5.91 Å². The third kappa shape index (κ3) is 2.61. The zero-order chi connectivity index (χ0) is 14.9. The maximum Gasteiger partial charge on any atom is 0.261 e. The second-order valence-corrected chi connectivity index (χ2v) is 5.49. The number of hydrogen-bond donors (Lipinski definition) is 2. The minimum Gasteiger partial charge on any atom is -0.382 e. The molecule has 0 bridgehead atoms. The highest BCUT2D eigenvalue weighted by molar-refractivity contribution is 5.98. The quantitative estimate of drug-likeness (QED) is 0.824. The van der Waals surface area contributed by atoms with Gasteiger partial charge in [0.05, 0.1) is 17.7 Å². The van der Waals surface area contributed by atoms with Crippen LogP contribution in [-0.2, 0) is 19.8 Å². The van der Waals surface area contributed by atoms with E-state index in [9.17, 15) is 9.59 Å². The first-order valence-electron chi connectivity index (χ1n) is 6.96. The van der Waals surface area contributed by atoms with Gasteiger partial charge in [-0.15, -0.1) is 0 Å². The topological polar surface area (TPSA) is 93.8 Å². The molecule has 3 rings (SSSR count). The first-order valence-corrected chi connectivity index (χ1v) is 6.96. The lowest BCUT2D eigenvalue weighted by Gasteiger charge is -2.15. The lowest BCUT2D eigenvalue weighted by atomic mass is 9.95. The van der Waals surface area contributed by atoms with E-state index in [4.69, 9.17) is 10.6 Å². The van der Waals surface area contributed by atoms with E-state index in [2.05, 4.69) is 10.5 Å². The van der Waals surface area contributed by atoms with Crippen molar-refractivity contribution in [2.24, 2.45) is 10.9 Å². The van der Waals surface area contributed by atoms with Crippen molar-refractivity contribution >= 4 is 17.5 Å². The summed E-state index contributed by atoms with van der Waals surface area (Å²) in [6.07, 6.45) is 1.35. The van der Waals surface area contributed by atoms with Crippen LogP contribution < -0.4 is 11.1 Å². The van der Waals surface area contributed by atoms with E-state index in [0.717, 1.165) is 18.4 Å². The SMILES string of the molecule is NC(=O)C1CC(CNC(=O)C2(c3ccccc3)CC2)=NO1. The van der Waals surface area contributed by atoms with Gasteiger partial charge in [0.2, 0.25) is 12.0 Å². The molecule has 1 aliphatic carbocycles. The molecule has 2 amide bonds. The summed E-state index contributed by atoms with van der Waals surface area (Å²) in [5.74, 6) is -0.540. The zero-order valence-corrected chi connectivity index (χ0v) is 11.5. The third-order valence-electron chi connectivity index (χ3n) is 4.01. The van der Waals surface area contributed by atoms with Gasteiger partial charge in [-0.05, 0) is 18.4 Å². The third-order valence-corrected chi connectivity index (χ3v) is 4.01. The molecular formula is C15H17N3O3. The number of benzene rings is 1. The molecule has 6 heteroatoms. The number of nitrogens with zero attached hydrogens (tertiary/aromatic N) is 1. The summed E-state index contributed by atoms with van der Waals surface area (Å²) < 4.78 is 0. The van der Waals surface area contributed by atoms with E-state index in [1.807, 2.05) is 30.3 Å². The molecule has 0 spiro atoms. The van der Waals surface area contributed by atoms with Gasteiger partial charge in [-0.1, -0.05) is 35.5 Å². The van der Waals surface area contributed by atoms with Crippen LogP contribution in [0.3, 0.4) is 0 Å². The van der Waals surface area contributed by atoms with Crippen LogP contribution in [0.1, 0.15) is 24.8 Å². The molecule has 0 aromatic heterocycles. The summed E-state index contributed by atoms with van der Waals surface area (Å²) >= 11 is 0. The number of carbonyl (C=O) groups is 2. The van der Waals surface area contributed by atoms with Crippen LogP contribution in [0.5, 0.6) is 0 Å². The monoisotopic (exact) mass is 287 g/mol. The standard InChI is InChI=1S/C15H17N3O3/c16-13(19)12-8-11(18-21-12)9-17-14(20)15(6-7-15)10-4-2-1-3-5-10/h1-5,12H,6-9H2,(H2,16,19)(H,17,20). The Morgan fingerprint density at radius 3 is 2.62 bits per heavy atom. The summed E-state index contributed by atoms with van der Waals surface area (Å²) in [7, 11) is 0. The second kappa shape index (κ2) is 5.20. The van der Waals surface area contributed by atoms with Gasteiger partial charge in [-0.25, -0.2) is 0 Å². The molecule has 0 saturated heterocycles. The minimum atomic E-state index is -0.707. The largest absolute Gasteiger partial charge is 0.382 e. The first-order chi connectivity index (χ1) is 10.1. The highest BCUT2D eigenvalue weighted by Crippen LogP contribution is 2.48. The Bertz CT molecular complexity index is 593. The smallest absolute Gasteiger partial charge is 0.261 e. The lowest BCUT2D eigenvalue weighted by Crippen LogP contribution is -2.38. The molecule has 1 unspecified atom stereocenters. The van der Waals surface area contributed by atoms with Crippen molar-refractivity contribution in [3.05, 3.63) is 35.9 Å². The van der Waals surface area contributed by atoms with Crippen LogP contribution in [0.15, 0.2) is 35.5 Å². The van der Waals surface area contributed by atoms with Crippen LogP contribution in [0, 0.1) is 0 Å². The number of rotatable bonds is 5. The van der Waals surface area contributed by atoms with Gasteiger partial charge in [-0.3, -0.25) is 9.59 Å². The summed E-state index contributed by atoms with van der Waals surface area (Å²) in [6, 6.07) is 9.77. The first kappa shape index (κ1) is 13.6. The number of amides is 2. The molecule has 1 heterocycles. The molecule has 1 aromatic rings. The van der Waals surface area contributed by atoms with Crippen molar-refractivity contribution < 1.29 is 14.4 Å². The molecule has 1 aliphatic heterocycles. The van der Waals surface area contributed by atoms with Crippen LogP contribution >= 0.6 is 0 Å². The Balaban J connectivity index is 1.57. The van der Waals surface area contributed by atoms with E-state index in [1.54, 1.807) is 0 Å². The molecule has 2 aliphatic rings. The fraction of sp³-hybridized carbons (Fsp3) is 0.400. The fourth-order valence-corrected chi connectivity index (χ4v) is 2.56. The molecule has 1 saturated carbocycles. The summed E-state index contributed by atoms with van der Waals surface area (Å²) in [5.41, 5.74) is 6.43. The molecule has 3 N–H and O–H groups in total. The van der Waals surface area contributed by atoms with Gasteiger partial charge in [0.15, 0.2) is 0 Å². The highest BCUT2D eigenvalue weighted by atomic mass is 16.6. The van der Waals surface area contributed by atoms with E-state index < -0.39 is 17.4 Å². The molecule has 6 nitrogen and oxygen atoms in total. The lowest BCUT2D eigenvalue weighted by molar-refractivity contribution is -0.127. The number of carbonyl (C=O) groups excluding carboxylic acids is 2. The van der Waals surface area contributed by atoms with Crippen molar-refractivity contribution in [1.82, 2.24) is 5.32 Å². The van der Waals surface area contributed by atoms with E-state index in [-0.39, 0.29) is 12.5 Å². The van der Waals surface area contributed by atoms with Crippen LogP contribution in [0.2, 0.25) is 0 Å². The molecular weight excluding hydrogens is 270 g/mol. The molecule has 1 aromatic carbocycles. The number of primary amides is 1. The molecule has 110 valence electrons. The second-order valence-electron chi connectivity index (χ2n) is 5.49. The number of nitrogens with one attached hydrogen (secondary N) is 1. The Labute approximate surface area is 122 Å². The normalized spacial score (nSPS) is 22.1. The predicted molar refractivity (Wildman–Crippen MR) is 76.5 cm³/mol. The Kier molecular flexibility index (Phi) is 3.37. The van der Waals surface area contributed by atoms with Crippen LogP contribution in [-0.4, -0.2) is 30.2 Å². The van der Waals surface area contributed by atoms with Gasteiger partial charge in [0.1, 0.15) is 0 Å². The van der Waals surface area contributed by atoms with Gasteiger partial charge < -0.3 is 15.9 Å². The fourth-order valence-electron chi connectivity index (χ4n) is 2.56. The average molecular weight is 287 g/mol. The van der Waals surface area contributed by atoms with Crippen molar-refractivity contribution in [1.29, 1.82) is 0 Å².